The summed E-state index contributed by atoms with van der Waals surface area (Å²) >= 11 is 0. The van der Waals surface area contributed by atoms with Crippen molar-refractivity contribution in [1.82, 2.24) is 9.88 Å². The lowest BCUT2D eigenvalue weighted by Gasteiger charge is -2.20. The number of benzene rings is 1. The molecule has 1 atom stereocenters. The lowest BCUT2D eigenvalue weighted by Crippen LogP contribution is -2.26. The first-order valence-electron chi connectivity index (χ1n) is 7.93. The van der Waals surface area contributed by atoms with Gasteiger partial charge in [-0.25, -0.2) is 0 Å². The van der Waals surface area contributed by atoms with Crippen LogP contribution in [0.25, 0.3) is 10.9 Å². The Morgan fingerprint density at radius 2 is 1.90 bits per heavy atom. The molecule has 0 saturated heterocycles. The first-order valence-corrected chi connectivity index (χ1v) is 7.93. The first kappa shape index (κ1) is 15.8. The quantitative estimate of drug-likeness (QED) is 0.734. The number of fused-ring (bicyclic) bond motifs is 1. The molecule has 3 nitrogen and oxygen atoms in total. The van der Waals surface area contributed by atoms with Gasteiger partial charge >= 0.3 is 0 Å². The van der Waals surface area contributed by atoms with Crippen LogP contribution in [0.1, 0.15) is 27.2 Å². The molecule has 3 heteroatoms. The van der Waals surface area contributed by atoms with Crippen LogP contribution in [0.3, 0.4) is 0 Å². The molecule has 0 N–H and O–H groups in total. The van der Waals surface area contributed by atoms with E-state index in [0.29, 0.717) is 5.92 Å². The number of hydrogen-bond acceptors (Lipinski definition) is 3. The van der Waals surface area contributed by atoms with E-state index < -0.39 is 0 Å². The first-order chi connectivity index (χ1) is 10.2. The highest BCUT2D eigenvalue weighted by atomic mass is 16.5. The molecule has 0 aliphatic heterocycles. The molecule has 1 unspecified atom stereocenters. The highest BCUT2D eigenvalue weighted by Crippen LogP contribution is 2.23. The molecule has 0 bridgehead atoms. The number of aromatic nitrogens is 1. The van der Waals surface area contributed by atoms with Crippen LogP contribution in [0.15, 0.2) is 36.5 Å². The average molecular weight is 286 g/mol. The SMILES string of the molecule is CCN(CC)CCC(C)COc1cccc2cccnc12. The maximum atomic E-state index is 6.00. The van der Waals surface area contributed by atoms with Crippen LogP contribution >= 0.6 is 0 Å². The van der Waals surface area contributed by atoms with E-state index in [0.717, 1.165) is 42.9 Å². The minimum atomic E-state index is 0.546. The molecule has 0 amide bonds. The fraction of sp³-hybridized carbons (Fsp3) is 0.500. The minimum absolute atomic E-state index is 0.546. The molecule has 0 saturated carbocycles. The zero-order valence-corrected chi connectivity index (χ0v) is 13.4. The second kappa shape index (κ2) is 7.99. The third-order valence-corrected chi connectivity index (χ3v) is 3.95. The summed E-state index contributed by atoms with van der Waals surface area (Å²) in [6, 6.07) is 10.1. The molecule has 21 heavy (non-hydrogen) atoms. The van der Waals surface area contributed by atoms with Crippen molar-refractivity contribution in [2.24, 2.45) is 5.92 Å². The summed E-state index contributed by atoms with van der Waals surface area (Å²) < 4.78 is 6.00. The number of para-hydroxylation sites is 1. The summed E-state index contributed by atoms with van der Waals surface area (Å²) in [5.41, 5.74) is 0.955. The maximum Gasteiger partial charge on any atom is 0.145 e. The number of nitrogens with zero attached hydrogens (tertiary/aromatic N) is 2. The van der Waals surface area contributed by atoms with Crippen LogP contribution in [0, 0.1) is 5.92 Å². The van der Waals surface area contributed by atoms with Crippen LogP contribution < -0.4 is 4.74 Å². The molecule has 2 rings (SSSR count). The van der Waals surface area contributed by atoms with Crippen molar-refractivity contribution >= 4 is 10.9 Å². The Balaban J connectivity index is 1.89. The fourth-order valence-corrected chi connectivity index (χ4v) is 2.45. The van der Waals surface area contributed by atoms with Gasteiger partial charge in [0.25, 0.3) is 0 Å². The summed E-state index contributed by atoms with van der Waals surface area (Å²) in [6.45, 7) is 10.8. The van der Waals surface area contributed by atoms with Gasteiger partial charge in [-0.2, -0.15) is 0 Å². The van der Waals surface area contributed by atoms with Gasteiger partial charge in [0, 0.05) is 11.6 Å². The second-order valence-electron chi connectivity index (χ2n) is 5.56. The third kappa shape index (κ3) is 4.43. The fourth-order valence-electron chi connectivity index (χ4n) is 2.45. The topological polar surface area (TPSA) is 25.4 Å². The molecule has 1 aromatic carbocycles. The maximum absolute atomic E-state index is 6.00. The molecule has 1 aromatic heterocycles. The average Bonchev–Trinajstić information content (AvgIpc) is 2.53. The van der Waals surface area contributed by atoms with Gasteiger partial charge in [-0.3, -0.25) is 4.98 Å². The zero-order valence-electron chi connectivity index (χ0n) is 13.4. The standard InChI is InChI=1S/C18H26N2O/c1-4-20(5-2)13-11-15(3)14-21-17-10-6-8-16-9-7-12-19-18(16)17/h6-10,12,15H,4-5,11,13-14H2,1-3H3. The van der Waals surface area contributed by atoms with Gasteiger partial charge in [0.15, 0.2) is 0 Å². The molecule has 0 spiro atoms. The molecule has 0 aliphatic carbocycles. The predicted molar refractivity (Wildman–Crippen MR) is 88.8 cm³/mol. The summed E-state index contributed by atoms with van der Waals surface area (Å²) in [5, 5.41) is 1.13. The van der Waals surface area contributed by atoms with Crippen molar-refractivity contribution in [2.45, 2.75) is 27.2 Å². The Labute approximate surface area is 127 Å². The number of pyridine rings is 1. The normalized spacial score (nSPS) is 12.8. The van der Waals surface area contributed by atoms with Crippen LogP contribution in [0.5, 0.6) is 5.75 Å². The summed E-state index contributed by atoms with van der Waals surface area (Å²) in [7, 11) is 0. The van der Waals surface area contributed by atoms with Gasteiger partial charge in [-0.05, 0) is 44.1 Å². The van der Waals surface area contributed by atoms with Gasteiger partial charge < -0.3 is 9.64 Å². The van der Waals surface area contributed by atoms with E-state index in [-0.39, 0.29) is 0 Å². The summed E-state index contributed by atoms with van der Waals surface area (Å²) in [6.07, 6.45) is 2.98. The van der Waals surface area contributed by atoms with E-state index in [1.54, 1.807) is 0 Å². The summed E-state index contributed by atoms with van der Waals surface area (Å²) in [4.78, 5) is 6.88. The van der Waals surface area contributed by atoms with Crippen molar-refractivity contribution in [3.63, 3.8) is 0 Å². The van der Waals surface area contributed by atoms with Crippen LogP contribution in [0.4, 0.5) is 0 Å². The van der Waals surface area contributed by atoms with Crippen molar-refractivity contribution in [2.75, 3.05) is 26.2 Å². The molecular formula is C18H26N2O. The largest absolute Gasteiger partial charge is 0.491 e. The van der Waals surface area contributed by atoms with Crippen LogP contribution in [0.2, 0.25) is 0 Å². The van der Waals surface area contributed by atoms with Gasteiger partial charge in [0.1, 0.15) is 11.3 Å². The molecule has 2 aromatic rings. The number of ether oxygens (including phenoxy) is 1. The van der Waals surface area contributed by atoms with E-state index in [4.69, 9.17) is 4.74 Å². The summed E-state index contributed by atoms with van der Waals surface area (Å²) in [5.74, 6) is 1.44. The molecule has 0 radical (unpaired) electrons. The zero-order chi connectivity index (χ0) is 15.1. The van der Waals surface area contributed by atoms with Crippen molar-refractivity contribution in [1.29, 1.82) is 0 Å². The number of hydrogen-bond donors (Lipinski definition) is 0. The second-order valence-corrected chi connectivity index (χ2v) is 5.56. The third-order valence-electron chi connectivity index (χ3n) is 3.95. The van der Waals surface area contributed by atoms with Gasteiger partial charge in [0.05, 0.1) is 6.61 Å². The van der Waals surface area contributed by atoms with E-state index >= 15 is 0 Å². The van der Waals surface area contributed by atoms with Gasteiger partial charge in [-0.1, -0.05) is 39.0 Å². The van der Waals surface area contributed by atoms with Crippen LogP contribution in [-0.4, -0.2) is 36.1 Å². The van der Waals surface area contributed by atoms with E-state index in [9.17, 15) is 0 Å². The van der Waals surface area contributed by atoms with Crippen molar-refractivity contribution < 1.29 is 4.74 Å². The van der Waals surface area contributed by atoms with Crippen molar-refractivity contribution in [3.8, 4) is 5.75 Å². The van der Waals surface area contributed by atoms with Gasteiger partial charge in [-0.15, -0.1) is 0 Å². The molecule has 0 fully saturated rings. The Hall–Kier alpha value is -1.61. The molecule has 1 heterocycles. The lowest BCUT2D eigenvalue weighted by molar-refractivity contribution is 0.222. The van der Waals surface area contributed by atoms with E-state index in [1.165, 1.54) is 6.42 Å². The monoisotopic (exact) mass is 286 g/mol. The predicted octanol–water partition coefficient (Wildman–Crippen LogP) is 3.98. The molecule has 114 valence electrons. The molecule has 0 aliphatic rings. The number of rotatable bonds is 8. The lowest BCUT2D eigenvalue weighted by atomic mass is 10.1. The Morgan fingerprint density at radius 3 is 2.67 bits per heavy atom. The minimum Gasteiger partial charge on any atom is -0.491 e. The Bertz CT molecular complexity index is 546. The van der Waals surface area contributed by atoms with Crippen molar-refractivity contribution in [3.05, 3.63) is 36.5 Å². The van der Waals surface area contributed by atoms with Crippen LogP contribution in [-0.2, 0) is 0 Å². The Morgan fingerprint density at radius 1 is 1.14 bits per heavy atom. The van der Waals surface area contributed by atoms with Gasteiger partial charge in [0.2, 0.25) is 0 Å². The highest BCUT2D eigenvalue weighted by Gasteiger charge is 2.08. The Kier molecular flexibility index (Phi) is 6.00. The van der Waals surface area contributed by atoms with E-state index in [1.807, 2.05) is 24.4 Å². The molecular weight excluding hydrogens is 260 g/mol. The smallest absolute Gasteiger partial charge is 0.145 e. The highest BCUT2D eigenvalue weighted by molar-refractivity contribution is 5.84. The van der Waals surface area contributed by atoms with E-state index in [2.05, 4.69) is 42.8 Å².